The van der Waals surface area contributed by atoms with E-state index in [1.54, 1.807) is 0 Å². The fraction of sp³-hybridized carbons (Fsp3) is 0.357. The predicted octanol–water partition coefficient (Wildman–Crippen LogP) is 3.34. The Bertz CT molecular complexity index is 534. The van der Waals surface area contributed by atoms with E-state index in [-0.39, 0.29) is 0 Å². The summed E-state index contributed by atoms with van der Waals surface area (Å²) >= 11 is 0. The number of benzene rings is 1. The van der Waals surface area contributed by atoms with Gasteiger partial charge in [0.1, 0.15) is 0 Å². The van der Waals surface area contributed by atoms with E-state index in [2.05, 4.69) is 30.2 Å². The van der Waals surface area contributed by atoms with Crippen LogP contribution in [-0.2, 0) is 0 Å². The van der Waals surface area contributed by atoms with Gasteiger partial charge < -0.3 is 11.1 Å². The van der Waals surface area contributed by atoms with E-state index >= 15 is 0 Å². The Morgan fingerprint density at radius 3 is 2.82 bits per heavy atom. The van der Waals surface area contributed by atoms with Gasteiger partial charge in [-0.05, 0) is 38.5 Å². The van der Waals surface area contributed by atoms with Crippen LogP contribution in [0.3, 0.4) is 0 Å². The maximum absolute atomic E-state index is 5.97. The number of pyridine rings is 1. The van der Waals surface area contributed by atoms with Gasteiger partial charge in [-0.1, -0.05) is 6.92 Å². The van der Waals surface area contributed by atoms with E-state index in [9.17, 15) is 0 Å². The van der Waals surface area contributed by atoms with Crippen LogP contribution < -0.4 is 11.1 Å². The van der Waals surface area contributed by atoms with Gasteiger partial charge in [0.2, 0.25) is 0 Å². The van der Waals surface area contributed by atoms with Gasteiger partial charge in [0.25, 0.3) is 0 Å². The van der Waals surface area contributed by atoms with Crippen LogP contribution in [0.5, 0.6) is 0 Å². The number of aromatic nitrogens is 1. The average molecular weight is 229 g/mol. The van der Waals surface area contributed by atoms with Gasteiger partial charge in [-0.2, -0.15) is 0 Å². The zero-order chi connectivity index (χ0) is 12.4. The van der Waals surface area contributed by atoms with Crippen molar-refractivity contribution in [1.29, 1.82) is 0 Å². The van der Waals surface area contributed by atoms with E-state index in [1.165, 1.54) is 0 Å². The zero-order valence-corrected chi connectivity index (χ0v) is 10.6. The lowest BCUT2D eigenvalue weighted by atomic mass is 10.1. The molecule has 0 bridgehead atoms. The minimum Gasteiger partial charge on any atom is -0.398 e. The molecule has 0 fully saturated rings. The summed E-state index contributed by atoms with van der Waals surface area (Å²) in [6, 6.07) is 6.51. The number of fused-ring (bicyclic) bond motifs is 1. The number of nitrogens with two attached hydrogens (primary N) is 1. The molecule has 1 heterocycles. The molecule has 0 saturated carbocycles. The lowest BCUT2D eigenvalue weighted by Gasteiger charge is -2.16. The van der Waals surface area contributed by atoms with Crippen LogP contribution in [0, 0.1) is 6.92 Å². The van der Waals surface area contributed by atoms with Crippen molar-refractivity contribution in [2.45, 2.75) is 33.2 Å². The quantitative estimate of drug-likeness (QED) is 0.794. The first-order valence-corrected chi connectivity index (χ1v) is 6.03. The Balaban J connectivity index is 2.55. The van der Waals surface area contributed by atoms with Gasteiger partial charge in [0, 0.05) is 40.1 Å². The summed E-state index contributed by atoms with van der Waals surface area (Å²) < 4.78 is 0. The Morgan fingerprint density at radius 1 is 1.35 bits per heavy atom. The lowest BCUT2D eigenvalue weighted by molar-refractivity contribution is 0.765. The van der Waals surface area contributed by atoms with Crippen LogP contribution in [0.4, 0.5) is 11.4 Å². The Kier molecular flexibility index (Phi) is 3.18. The van der Waals surface area contributed by atoms with E-state index in [1.807, 2.05) is 25.3 Å². The molecule has 0 saturated heterocycles. The summed E-state index contributed by atoms with van der Waals surface area (Å²) in [5.74, 6) is 0. The number of rotatable bonds is 3. The van der Waals surface area contributed by atoms with Crippen molar-refractivity contribution in [2.24, 2.45) is 0 Å². The number of nitrogens with one attached hydrogen (secondary N) is 1. The predicted molar refractivity (Wildman–Crippen MR) is 74.3 cm³/mol. The van der Waals surface area contributed by atoms with Gasteiger partial charge in [-0.15, -0.1) is 0 Å². The lowest BCUT2D eigenvalue weighted by Crippen LogP contribution is -2.13. The molecule has 3 heteroatoms. The van der Waals surface area contributed by atoms with E-state index in [4.69, 9.17) is 5.73 Å². The van der Waals surface area contributed by atoms with Crippen LogP contribution in [0.1, 0.15) is 26.0 Å². The highest BCUT2D eigenvalue weighted by molar-refractivity contribution is 6.00. The third-order valence-corrected chi connectivity index (χ3v) is 3.09. The molecule has 0 spiro atoms. The normalized spacial score (nSPS) is 12.6. The van der Waals surface area contributed by atoms with Gasteiger partial charge in [0.05, 0.1) is 0 Å². The number of hydrogen-bond acceptors (Lipinski definition) is 3. The van der Waals surface area contributed by atoms with Crippen LogP contribution >= 0.6 is 0 Å². The molecule has 90 valence electrons. The molecule has 2 rings (SSSR count). The minimum absolute atomic E-state index is 0.454. The van der Waals surface area contributed by atoms with Crippen molar-refractivity contribution >= 4 is 22.1 Å². The van der Waals surface area contributed by atoms with Crippen LogP contribution in [0.2, 0.25) is 0 Å². The van der Waals surface area contributed by atoms with Crippen LogP contribution in [-0.4, -0.2) is 11.0 Å². The zero-order valence-electron chi connectivity index (χ0n) is 10.6. The molecule has 1 aromatic heterocycles. The summed E-state index contributed by atoms with van der Waals surface area (Å²) in [6.07, 6.45) is 2.94. The molecule has 0 aliphatic heterocycles. The minimum atomic E-state index is 0.454. The van der Waals surface area contributed by atoms with Crippen LogP contribution in [0.25, 0.3) is 10.8 Å². The summed E-state index contributed by atoms with van der Waals surface area (Å²) in [5.41, 5.74) is 8.89. The highest BCUT2D eigenvalue weighted by atomic mass is 14.9. The summed E-state index contributed by atoms with van der Waals surface area (Å²) in [4.78, 5) is 4.30. The SMILES string of the molecule is CCC(C)Nc1ccc(N)c2cnc(C)cc12. The van der Waals surface area contributed by atoms with Crippen molar-refractivity contribution in [1.82, 2.24) is 4.98 Å². The molecule has 0 aliphatic carbocycles. The van der Waals surface area contributed by atoms with Crippen molar-refractivity contribution in [2.75, 3.05) is 11.1 Å². The van der Waals surface area contributed by atoms with Gasteiger partial charge in [0.15, 0.2) is 0 Å². The van der Waals surface area contributed by atoms with Crippen molar-refractivity contribution < 1.29 is 0 Å². The molecule has 1 atom stereocenters. The maximum Gasteiger partial charge on any atom is 0.0424 e. The maximum atomic E-state index is 5.97. The second-order valence-corrected chi connectivity index (χ2v) is 4.53. The smallest absolute Gasteiger partial charge is 0.0424 e. The number of anilines is 2. The molecule has 3 N–H and O–H groups in total. The number of aryl methyl sites for hydroxylation is 1. The fourth-order valence-corrected chi connectivity index (χ4v) is 1.86. The van der Waals surface area contributed by atoms with Gasteiger partial charge in [-0.3, -0.25) is 4.98 Å². The fourth-order valence-electron chi connectivity index (χ4n) is 1.86. The second-order valence-electron chi connectivity index (χ2n) is 4.53. The molecule has 1 aromatic carbocycles. The molecule has 17 heavy (non-hydrogen) atoms. The number of nitrogens with zero attached hydrogens (tertiary/aromatic N) is 1. The monoisotopic (exact) mass is 229 g/mol. The molecule has 1 unspecified atom stereocenters. The molecule has 3 nitrogen and oxygen atoms in total. The van der Waals surface area contributed by atoms with Crippen molar-refractivity contribution in [3.63, 3.8) is 0 Å². The molecular weight excluding hydrogens is 210 g/mol. The molecule has 0 aliphatic rings. The number of hydrogen-bond donors (Lipinski definition) is 2. The second kappa shape index (κ2) is 4.62. The van der Waals surface area contributed by atoms with Crippen molar-refractivity contribution in [3.05, 3.63) is 30.1 Å². The van der Waals surface area contributed by atoms with Crippen molar-refractivity contribution in [3.8, 4) is 0 Å². The van der Waals surface area contributed by atoms with Crippen LogP contribution in [0.15, 0.2) is 24.4 Å². The first-order chi connectivity index (χ1) is 8.11. The topological polar surface area (TPSA) is 50.9 Å². The summed E-state index contributed by atoms with van der Waals surface area (Å²) in [7, 11) is 0. The van der Waals surface area contributed by atoms with Gasteiger partial charge in [-0.25, -0.2) is 0 Å². The average Bonchev–Trinajstić information content (AvgIpc) is 2.32. The van der Waals surface area contributed by atoms with E-state index in [0.29, 0.717) is 6.04 Å². The first kappa shape index (κ1) is 11.7. The highest BCUT2D eigenvalue weighted by Gasteiger charge is 2.06. The standard InChI is InChI=1S/C14H19N3/c1-4-9(2)17-14-6-5-13(15)12-8-16-10(3)7-11(12)14/h5-9,17H,4,15H2,1-3H3. The van der Waals surface area contributed by atoms with Gasteiger partial charge >= 0.3 is 0 Å². The van der Waals surface area contributed by atoms with E-state index < -0.39 is 0 Å². The Morgan fingerprint density at radius 2 is 2.12 bits per heavy atom. The number of nitrogen functional groups attached to an aromatic ring is 1. The third-order valence-electron chi connectivity index (χ3n) is 3.09. The highest BCUT2D eigenvalue weighted by Crippen LogP contribution is 2.28. The first-order valence-electron chi connectivity index (χ1n) is 6.03. The molecular formula is C14H19N3. The Labute approximate surface area is 102 Å². The van der Waals surface area contributed by atoms with E-state index in [0.717, 1.165) is 34.3 Å². The summed E-state index contributed by atoms with van der Waals surface area (Å²) in [6.45, 7) is 6.34. The summed E-state index contributed by atoms with van der Waals surface area (Å²) in [5, 5.41) is 5.67. The largest absolute Gasteiger partial charge is 0.398 e. The molecule has 0 radical (unpaired) electrons. The third kappa shape index (κ3) is 2.33. The Hall–Kier alpha value is -1.77. The molecule has 2 aromatic rings. The molecule has 0 amide bonds.